The lowest BCUT2D eigenvalue weighted by molar-refractivity contribution is -0.136. The van der Waals surface area contributed by atoms with Gasteiger partial charge >= 0.3 is 6.03 Å². The summed E-state index contributed by atoms with van der Waals surface area (Å²) in [5, 5.41) is 9.37. The molecular formula is C9H16N3O5. The number of rotatable bonds is 9. The van der Waals surface area contributed by atoms with Crippen molar-refractivity contribution in [2.75, 3.05) is 6.61 Å². The van der Waals surface area contributed by atoms with Gasteiger partial charge in [0.15, 0.2) is 12.4 Å². The number of unbranched alkanes of at least 4 members (excludes halogenated alkanes) is 1. The number of hydrogen-bond acceptors (Lipinski definition) is 6. The lowest BCUT2D eigenvalue weighted by Gasteiger charge is -2.30. The normalized spacial score (nSPS) is 15.6. The third kappa shape index (κ3) is 4.89. The molecule has 8 nitrogen and oxygen atoms in total. The van der Waals surface area contributed by atoms with Crippen LogP contribution in [0.4, 0.5) is 4.79 Å². The molecule has 97 valence electrons. The summed E-state index contributed by atoms with van der Waals surface area (Å²) in [5.74, 6) is 0. The summed E-state index contributed by atoms with van der Waals surface area (Å²) in [5.41, 5.74) is 6.54. The van der Waals surface area contributed by atoms with Gasteiger partial charge in [-0.2, -0.15) is 5.43 Å². The Kier molecular flexibility index (Phi) is 7.03. The van der Waals surface area contributed by atoms with Crippen molar-refractivity contribution in [2.24, 2.45) is 5.73 Å². The average Bonchev–Trinajstić information content (AvgIpc) is 2.32. The van der Waals surface area contributed by atoms with Gasteiger partial charge in [-0.25, -0.2) is 4.79 Å². The van der Waals surface area contributed by atoms with Gasteiger partial charge in [0.1, 0.15) is 0 Å². The van der Waals surface area contributed by atoms with Crippen molar-refractivity contribution >= 4 is 18.6 Å². The van der Waals surface area contributed by atoms with Crippen molar-refractivity contribution in [2.45, 2.75) is 31.6 Å². The van der Waals surface area contributed by atoms with Crippen LogP contribution in [0.15, 0.2) is 0 Å². The highest BCUT2D eigenvalue weighted by Gasteiger charge is 2.40. The van der Waals surface area contributed by atoms with Crippen LogP contribution in [0.3, 0.4) is 0 Å². The maximum Gasteiger partial charge on any atom is 0.326 e. The Morgan fingerprint density at radius 3 is 2.76 bits per heavy atom. The summed E-state index contributed by atoms with van der Waals surface area (Å²) < 4.78 is 5.04. The van der Waals surface area contributed by atoms with Crippen molar-refractivity contribution in [3.05, 3.63) is 0 Å². The summed E-state index contributed by atoms with van der Waals surface area (Å²) >= 11 is 0. The first kappa shape index (κ1) is 15.5. The lowest BCUT2D eigenvalue weighted by atomic mass is 10.1. The smallest absolute Gasteiger partial charge is 0.326 e. The Morgan fingerprint density at radius 2 is 2.35 bits per heavy atom. The third-order valence-corrected chi connectivity index (χ3v) is 1.90. The number of amides is 2. The molecule has 0 heterocycles. The maximum atomic E-state index is 10.8. The van der Waals surface area contributed by atoms with Gasteiger partial charge in [0, 0.05) is 6.61 Å². The number of carbonyl (C=O) groups is 2. The molecule has 8 heteroatoms. The molecule has 0 saturated carbocycles. The van der Waals surface area contributed by atoms with Crippen LogP contribution in [0.2, 0.25) is 0 Å². The second-order valence-electron chi connectivity index (χ2n) is 3.23. The van der Waals surface area contributed by atoms with Crippen molar-refractivity contribution in [1.29, 1.82) is 0 Å². The van der Waals surface area contributed by atoms with E-state index in [1.54, 1.807) is 0 Å². The van der Waals surface area contributed by atoms with Gasteiger partial charge in [-0.1, -0.05) is 13.3 Å². The average molecular weight is 246 g/mol. The molecule has 0 spiro atoms. The second-order valence-corrected chi connectivity index (χ2v) is 3.23. The molecule has 0 aromatic heterocycles. The number of hydrazine groups is 1. The summed E-state index contributed by atoms with van der Waals surface area (Å²) in [6.45, 7) is 1.99. The maximum absolute atomic E-state index is 10.8. The van der Waals surface area contributed by atoms with Crippen LogP contribution in [0.5, 0.6) is 0 Å². The molecule has 1 radical (unpaired) electrons. The zero-order chi connectivity index (χ0) is 13.3. The molecule has 2 atom stereocenters. The van der Waals surface area contributed by atoms with Gasteiger partial charge in [0.25, 0.3) is 6.29 Å². The van der Waals surface area contributed by atoms with Crippen LogP contribution in [0.25, 0.3) is 0 Å². The van der Waals surface area contributed by atoms with E-state index in [1.807, 2.05) is 17.8 Å². The fourth-order valence-electron chi connectivity index (χ4n) is 0.939. The second kappa shape index (κ2) is 7.71. The molecule has 0 aromatic carbocycles. The standard InChI is InChI=1S/C9H16N3O5/c1-2-3-4-17-9(6-14,7(15)5-13)12-11-8(10)16/h5,7,12,15H,2-4H2,1H3,(H3,10,11,16). The van der Waals surface area contributed by atoms with E-state index in [1.165, 1.54) is 6.29 Å². The predicted octanol–water partition coefficient (Wildman–Crippen LogP) is -1.66. The molecule has 2 amide bonds. The minimum atomic E-state index is -2.15. The van der Waals surface area contributed by atoms with Gasteiger partial charge in [-0.15, -0.1) is 0 Å². The fourth-order valence-corrected chi connectivity index (χ4v) is 0.939. The molecule has 0 fully saturated rings. The molecule has 0 rings (SSSR count). The van der Waals surface area contributed by atoms with Gasteiger partial charge in [-0.05, 0) is 6.42 Å². The molecule has 17 heavy (non-hydrogen) atoms. The number of nitrogens with two attached hydrogens (primary N) is 1. The van der Waals surface area contributed by atoms with Crippen molar-refractivity contribution in [3.63, 3.8) is 0 Å². The summed E-state index contributed by atoms with van der Waals surface area (Å²) in [7, 11) is 0. The number of aldehydes is 1. The number of carbonyl (C=O) groups excluding carboxylic acids is 3. The van der Waals surface area contributed by atoms with E-state index in [2.05, 4.69) is 0 Å². The summed E-state index contributed by atoms with van der Waals surface area (Å²) in [6, 6.07) is -0.998. The summed E-state index contributed by atoms with van der Waals surface area (Å²) in [4.78, 5) is 31.8. The van der Waals surface area contributed by atoms with Crippen molar-refractivity contribution in [3.8, 4) is 0 Å². The molecule has 0 saturated heterocycles. The molecule has 0 aliphatic heterocycles. The van der Waals surface area contributed by atoms with E-state index in [-0.39, 0.29) is 12.9 Å². The van der Waals surface area contributed by atoms with Crippen LogP contribution in [-0.2, 0) is 14.3 Å². The Labute approximate surface area is 98.5 Å². The van der Waals surface area contributed by atoms with E-state index >= 15 is 0 Å². The topological polar surface area (TPSA) is 131 Å². The van der Waals surface area contributed by atoms with Crippen LogP contribution in [-0.4, -0.2) is 42.1 Å². The molecule has 0 aliphatic carbocycles. The molecule has 0 aromatic rings. The lowest BCUT2D eigenvalue weighted by Crippen LogP contribution is -2.64. The quantitative estimate of drug-likeness (QED) is 0.167. The van der Waals surface area contributed by atoms with Gasteiger partial charge in [-0.3, -0.25) is 10.2 Å². The van der Waals surface area contributed by atoms with Crippen LogP contribution in [0.1, 0.15) is 19.8 Å². The molecule has 5 N–H and O–H groups in total. The first-order valence-corrected chi connectivity index (χ1v) is 5.01. The molecule has 2 unspecified atom stereocenters. The van der Waals surface area contributed by atoms with Crippen LogP contribution in [0, 0.1) is 0 Å². The SMILES string of the molecule is CCCCOC([C]=O)(NNC(N)=O)C(O)C=O. The number of urea groups is 1. The number of hydrogen-bond donors (Lipinski definition) is 4. The van der Waals surface area contributed by atoms with E-state index < -0.39 is 17.9 Å². The minimum absolute atomic E-state index is 0.0898. The zero-order valence-electron chi connectivity index (χ0n) is 9.43. The Balaban J connectivity index is 4.67. The monoisotopic (exact) mass is 246 g/mol. The van der Waals surface area contributed by atoms with Crippen LogP contribution < -0.4 is 16.6 Å². The minimum Gasteiger partial charge on any atom is -0.381 e. The third-order valence-electron chi connectivity index (χ3n) is 1.90. The number of nitrogens with one attached hydrogen (secondary N) is 2. The first-order chi connectivity index (χ1) is 8.02. The van der Waals surface area contributed by atoms with Crippen LogP contribution >= 0.6 is 0 Å². The van der Waals surface area contributed by atoms with E-state index in [0.717, 1.165) is 6.42 Å². The fraction of sp³-hybridized carbons (Fsp3) is 0.667. The Morgan fingerprint density at radius 1 is 1.71 bits per heavy atom. The van der Waals surface area contributed by atoms with Crippen molar-refractivity contribution in [1.82, 2.24) is 10.9 Å². The highest BCUT2D eigenvalue weighted by atomic mass is 16.5. The predicted molar refractivity (Wildman–Crippen MR) is 57.2 cm³/mol. The van der Waals surface area contributed by atoms with Gasteiger partial charge in [0.05, 0.1) is 0 Å². The number of aliphatic hydroxyl groups is 1. The largest absolute Gasteiger partial charge is 0.381 e. The number of primary amides is 1. The van der Waals surface area contributed by atoms with E-state index in [4.69, 9.17) is 10.5 Å². The molecule has 0 bridgehead atoms. The zero-order valence-corrected chi connectivity index (χ0v) is 9.43. The Bertz CT molecular complexity index is 273. The van der Waals surface area contributed by atoms with E-state index in [9.17, 15) is 19.5 Å². The molecular weight excluding hydrogens is 230 g/mol. The number of aliphatic hydroxyl groups excluding tert-OH is 1. The summed E-state index contributed by atoms with van der Waals surface area (Å²) in [6.07, 6.45) is 1.01. The highest BCUT2D eigenvalue weighted by Crippen LogP contribution is 2.09. The van der Waals surface area contributed by atoms with Gasteiger partial charge in [0.2, 0.25) is 5.72 Å². The Hall–Kier alpha value is -1.51. The highest BCUT2D eigenvalue weighted by molar-refractivity contribution is 5.75. The van der Waals surface area contributed by atoms with E-state index in [0.29, 0.717) is 6.42 Å². The van der Waals surface area contributed by atoms with Gasteiger partial charge < -0.3 is 20.4 Å². The molecule has 0 aliphatic rings. The van der Waals surface area contributed by atoms with Crippen molar-refractivity contribution < 1.29 is 24.2 Å². The number of ether oxygens (including phenoxy) is 1. The first-order valence-electron chi connectivity index (χ1n) is 5.01.